The average Bonchev–Trinajstić information content (AvgIpc) is 3.41. The van der Waals surface area contributed by atoms with E-state index in [0.29, 0.717) is 31.1 Å². The maximum absolute atomic E-state index is 12.9. The van der Waals surface area contributed by atoms with Crippen molar-refractivity contribution in [1.82, 2.24) is 15.2 Å². The van der Waals surface area contributed by atoms with Crippen molar-refractivity contribution >= 4 is 23.2 Å². The van der Waals surface area contributed by atoms with Crippen molar-refractivity contribution in [3.63, 3.8) is 0 Å². The Morgan fingerprint density at radius 2 is 2.10 bits per heavy atom. The topological polar surface area (TPSA) is 71.5 Å². The van der Waals surface area contributed by atoms with E-state index in [1.807, 2.05) is 4.90 Å². The number of ether oxygens (including phenoxy) is 1. The molecular formula is C22H25N3O3S. The lowest BCUT2D eigenvalue weighted by atomic mass is 9.79. The summed E-state index contributed by atoms with van der Waals surface area (Å²) in [6.07, 6.45) is 8.54. The summed E-state index contributed by atoms with van der Waals surface area (Å²) < 4.78 is 6.10. The standard InChI is InChI=1S/C22H25N3O3S/c26-20(15-4-8-23-9-5-15)24-10-6-17-7-11-28-22(17)13-25(14-22)21(27)19-12-16-2-1-3-18(16)29-19/h4-5,8-9,12,17H,1-3,6-7,10-11,13-14H2,(H,24,26). The zero-order chi connectivity index (χ0) is 19.8. The third-order valence-corrected chi connectivity index (χ3v) is 7.71. The number of nitrogens with one attached hydrogen (secondary N) is 1. The van der Waals surface area contributed by atoms with Gasteiger partial charge in [-0.05, 0) is 61.8 Å². The fourth-order valence-electron chi connectivity index (χ4n) is 4.84. The molecule has 4 heterocycles. The molecule has 0 radical (unpaired) electrons. The Kier molecular flexibility index (Phi) is 4.87. The molecule has 1 unspecified atom stereocenters. The van der Waals surface area contributed by atoms with Gasteiger partial charge in [0, 0.05) is 36.0 Å². The minimum absolute atomic E-state index is 0.0727. The largest absolute Gasteiger partial charge is 0.371 e. The molecule has 1 atom stereocenters. The third kappa shape index (κ3) is 3.46. The van der Waals surface area contributed by atoms with Gasteiger partial charge in [-0.15, -0.1) is 11.3 Å². The van der Waals surface area contributed by atoms with E-state index in [-0.39, 0.29) is 17.4 Å². The second-order valence-corrected chi connectivity index (χ2v) is 9.39. The van der Waals surface area contributed by atoms with E-state index < -0.39 is 0 Å². The Labute approximate surface area is 174 Å². The van der Waals surface area contributed by atoms with E-state index in [1.54, 1.807) is 35.9 Å². The fraction of sp³-hybridized carbons (Fsp3) is 0.500. The lowest BCUT2D eigenvalue weighted by Gasteiger charge is -2.50. The molecule has 29 heavy (non-hydrogen) atoms. The van der Waals surface area contributed by atoms with E-state index in [1.165, 1.54) is 16.9 Å². The number of fused-ring (bicyclic) bond motifs is 1. The number of hydrogen-bond acceptors (Lipinski definition) is 5. The van der Waals surface area contributed by atoms with Crippen LogP contribution in [0.25, 0.3) is 0 Å². The summed E-state index contributed by atoms with van der Waals surface area (Å²) in [7, 11) is 0. The van der Waals surface area contributed by atoms with Crippen LogP contribution in [0.3, 0.4) is 0 Å². The fourth-order valence-corrected chi connectivity index (χ4v) is 6.06. The quantitative estimate of drug-likeness (QED) is 0.821. The van der Waals surface area contributed by atoms with Crippen LogP contribution in [-0.4, -0.2) is 53.5 Å². The van der Waals surface area contributed by atoms with Crippen LogP contribution in [0.5, 0.6) is 0 Å². The van der Waals surface area contributed by atoms with E-state index >= 15 is 0 Å². The molecular weight excluding hydrogens is 386 g/mol. The highest BCUT2D eigenvalue weighted by Crippen LogP contribution is 2.42. The molecule has 2 amide bonds. The van der Waals surface area contributed by atoms with Gasteiger partial charge in [0.15, 0.2) is 0 Å². The predicted octanol–water partition coefficient (Wildman–Crippen LogP) is 2.68. The number of hydrogen-bond donors (Lipinski definition) is 1. The number of likely N-dealkylation sites (tertiary alicyclic amines) is 1. The van der Waals surface area contributed by atoms with Crippen LogP contribution in [0.2, 0.25) is 0 Å². The average molecular weight is 412 g/mol. The smallest absolute Gasteiger partial charge is 0.264 e. The first kappa shape index (κ1) is 18.8. The van der Waals surface area contributed by atoms with E-state index in [0.717, 1.165) is 37.2 Å². The molecule has 1 N–H and O–H groups in total. The number of aryl methyl sites for hydroxylation is 2. The van der Waals surface area contributed by atoms with Crippen molar-refractivity contribution in [2.75, 3.05) is 26.2 Å². The van der Waals surface area contributed by atoms with Gasteiger partial charge < -0.3 is 15.0 Å². The van der Waals surface area contributed by atoms with Gasteiger partial charge in [-0.3, -0.25) is 14.6 Å². The SMILES string of the molecule is O=C(NCCC1CCOC12CN(C(=O)c1cc3c(s1)CCC3)C2)c1ccncc1. The Morgan fingerprint density at radius 3 is 2.90 bits per heavy atom. The van der Waals surface area contributed by atoms with Gasteiger partial charge in [0.2, 0.25) is 0 Å². The monoisotopic (exact) mass is 411 g/mol. The van der Waals surface area contributed by atoms with E-state index in [4.69, 9.17) is 4.74 Å². The van der Waals surface area contributed by atoms with E-state index in [9.17, 15) is 9.59 Å². The molecule has 3 aliphatic rings. The molecule has 2 aromatic heterocycles. The van der Waals surface area contributed by atoms with Crippen molar-refractivity contribution in [2.45, 2.75) is 37.7 Å². The lowest BCUT2D eigenvalue weighted by Crippen LogP contribution is -2.66. The summed E-state index contributed by atoms with van der Waals surface area (Å²) >= 11 is 1.67. The third-order valence-electron chi connectivity index (χ3n) is 6.48. The number of thiophene rings is 1. The lowest BCUT2D eigenvalue weighted by molar-refractivity contribution is -0.117. The number of aromatic nitrogens is 1. The molecule has 7 heteroatoms. The van der Waals surface area contributed by atoms with Crippen molar-refractivity contribution in [3.05, 3.63) is 51.5 Å². The molecule has 5 rings (SSSR count). The Bertz CT molecular complexity index is 899. The van der Waals surface area contributed by atoms with Gasteiger partial charge in [0.05, 0.1) is 18.0 Å². The zero-order valence-corrected chi connectivity index (χ0v) is 17.2. The van der Waals surface area contributed by atoms with Crippen LogP contribution >= 0.6 is 11.3 Å². The molecule has 2 aliphatic heterocycles. The molecule has 2 aromatic rings. The molecule has 0 saturated carbocycles. The highest BCUT2D eigenvalue weighted by Gasteiger charge is 2.54. The van der Waals surface area contributed by atoms with Gasteiger partial charge >= 0.3 is 0 Å². The minimum atomic E-state index is -0.225. The molecule has 6 nitrogen and oxygen atoms in total. The van der Waals surface area contributed by atoms with Gasteiger partial charge in [0.25, 0.3) is 11.8 Å². The molecule has 0 bridgehead atoms. The highest BCUT2D eigenvalue weighted by molar-refractivity contribution is 7.14. The van der Waals surface area contributed by atoms with Crippen LogP contribution in [0.1, 0.15) is 49.7 Å². The van der Waals surface area contributed by atoms with Crippen LogP contribution in [0, 0.1) is 5.92 Å². The van der Waals surface area contributed by atoms with Crippen LogP contribution < -0.4 is 5.32 Å². The molecule has 2 saturated heterocycles. The normalized spacial score (nSPS) is 21.8. The van der Waals surface area contributed by atoms with Crippen LogP contribution in [0.15, 0.2) is 30.6 Å². The van der Waals surface area contributed by atoms with Crippen molar-refractivity contribution in [3.8, 4) is 0 Å². The number of nitrogens with zero attached hydrogens (tertiary/aromatic N) is 2. The second-order valence-electron chi connectivity index (χ2n) is 8.25. The van der Waals surface area contributed by atoms with Crippen LogP contribution in [0.4, 0.5) is 0 Å². The molecule has 152 valence electrons. The van der Waals surface area contributed by atoms with Crippen molar-refractivity contribution in [2.24, 2.45) is 5.92 Å². The Morgan fingerprint density at radius 1 is 1.28 bits per heavy atom. The summed E-state index contributed by atoms with van der Waals surface area (Å²) in [5.74, 6) is 0.449. The second kappa shape index (κ2) is 7.54. The van der Waals surface area contributed by atoms with Crippen molar-refractivity contribution in [1.29, 1.82) is 0 Å². The number of rotatable bonds is 5. The first-order valence-corrected chi connectivity index (χ1v) is 11.2. The van der Waals surface area contributed by atoms with Gasteiger partial charge in [0.1, 0.15) is 5.60 Å². The Hall–Kier alpha value is -2.25. The zero-order valence-electron chi connectivity index (χ0n) is 16.4. The summed E-state index contributed by atoms with van der Waals surface area (Å²) in [5.41, 5.74) is 1.77. The maximum Gasteiger partial charge on any atom is 0.264 e. The predicted molar refractivity (Wildman–Crippen MR) is 110 cm³/mol. The van der Waals surface area contributed by atoms with Crippen molar-refractivity contribution < 1.29 is 14.3 Å². The highest BCUT2D eigenvalue weighted by atomic mass is 32.1. The maximum atomic E-state index is 12.9. The number of carbonyl (C=O) groups excluding carboxylic acids is 2. The van der Waals surface area contributed by atoms with Gasteiger partial charge in [-0.25, -0.2) is 0 Å². The summed E-state index contributed by atoms with van der Waals surface area (Å²) in [6.45, 7) is 2.68. The summed E-state index contributed by atoms with van der Waals surface area (Å²) in [5, 5.41) is 2.99. The van der Waals surface area contributed by atoms with Gasteiger partial charge in [-0.2, -0.15) is 0 Å². The van der Waals surface area contributed by atoms with Crippen LogP contribution in [-0.2, 0) is 17.6 Å². The van der Waals surface area contributed by atoms with Gasteiger partial charge in [-0.1, -0.05) is 0 Å². The summed E-state index contributed by atoms with van der Waals surface area (Å²) in [6, 6.07) is 5.53. The molecule has 0 aromatic carbocycles. The Balaban J connectivity index is 1.14. The molecule has 1 aliphatic carbocycles. The first-order chi connectivity index (χ1) is 14.1. The first-order valence-electron chi connectivity index (χ1n) is 10.4. The number of amides is 2. The summed E-state index contributed by atoms with van der Waals surface area (Å²) in [4.78, 5) is 33.2. The minimum Gasteiger partial charge on any atom is -0.371 e. The molecule has 1 spiro atoms. The molecule has 2 fully saturated rings. The number of pyridine rings is 1. The van der Waals surface area contributed by atoms with E-state index in [2.05, 4.69) is 16.4 Å². The number of carbonyl (C=O) groups is 2.